The summed E-state index contributed by atoms with van der Waals surface area (Å²) in [7, 11) is 0. The first-order valence-electron chi connectivity index (χ1n) is 8.51. The van der Waals surface area contributed by atoms with Gasteiger partial charge in [-0.3, -0.25) is 19.2 Å². The molecule has 0 saturated heterocycles. The van der Waals surface area contributed by atoms with Crippen LogP contribution in [0.25, 0.3) is 0 Å². The summed E-state index contributed by atoms with van der Waals surface area (Å²) in [6, 6.07) is 4.35. The summed E-state index contributed by atoms with van der Waals surface area (Å²) < 4.78 is 0. The van der Waals surface area contributed by atoms with E-state index in [0.717, 1.165) is 0 Å². The first kappa shape index (κ1) is 21.9. The van der Waals surface area contributed by atoms with E-state index in [9.17, 15) is 24.3 Å². The first-order chi connectivity index (χ1) is 12.6. The van der Waals surface area contributed by atoms with Crippen molar-refractivity contribution in [3.63, 3.8) is 0 Å². The van der Waals surface area contributed by atoms with Crippen LogP contribution in [0.4, 0.5) is 0 Å². The highest BCUT2D eigenvalue weighted by Crippen LogP contribution is 2.12. The van der Waals surface area contributed by atoms with Crippen LogP contribution in [-0.4, -0.2) is 47.4 Å². The van der Waals surface area contributed by atoms with Crippen LogP contribution in [0.5, 0.6) is 5.75 Å². The van der Waals surface area contributed by atoms with Crippen LogP contribution in [0.3, 0.4) is 0 Å². The minimum absolute atomic E-state index is 0.0723. The number of amides is 4. The van der Waals surface area contributed by atoms with Gasteiger partial charge in [0.25, 0.3) is 0 Å². The van der Waals surface area contributed by atoms with Crippen LogP contribution < -0.4 is 21.7 Å². The number of aromatic hydroxyl groups is 1. The monoisotopic (exact) mass is 378 g/mol. The molecule has 0 spiro atoms. The van der Waals surface area contributed by atoms with Gasteiger partial charge in [0, 0.05) is 13.3 Å². The molecular weight excluding hydrogens is 352 g/mol. The van der Waals surface area contributed by atoms with Crippen molar-refractivity contribution in [2.75, 3.05) is 6.54 Å². The Morgan fingerprint density at radius 1 is 1.04 bits per heavy atom. The van der Waals surface area contributed by atoms with Crippen LogP contribution in [0.1, 0.15) is 26.3 Å². The van der Waals surface area contributed by atoms with Crippen molar-refractivity contribution in [1.82, 2.24) is 16.0 Å². The van der Waals surface area contributed by atoms with Gasteiger partial charge in [-0.2, -0.15) is 0 Å². The molecule has 0 bridgehead atoms. The molecule has 0 unspecified atom stereocenters. The summed E-state index contributed by atoms with van der Waals surface area (Å²) >= 11 is 0. The summed E-state index contributed by atoms with van der Waals surface area (Å²) in [5, 5.41) is 16.9. The average Bonchev–Trinajstić information content (AvgIpc) is 2.58. The van der Waals surface area contributed by atoms with Crippen molar-refractivity contribution in [1.29, 1.82) is 0 Å². The molecule has 1 rings (SSSR count). The zero-order chi connectivity index (χ0) is 20.6. The Labute approximate surface area is 157 Å². The van der Waals surface area contributed by atoms with Crippen molar-refractivity contribution in [2.45, 2.75) is 39.3 Å². The highest BCUT2D eigenvalue weighted by molar-refractivity contribution is 5.93. The molecule has 9 nitrogen and oxygen atoms in total. The van der Waals surface area contributed by atoms with Crippen LogP contribution in [0.15, 0.2) is 24.3 Å². The van der Waals surface area contributed by atoms with Crippen LogP contribution in [0.2, 0.25) is 0 Å². The lowest BCUT2D eigenvalue weighted by Crippen LogP contribution is -2.56. The van der Waals surface area contributed by atoms with Crippen molar-refractivity contribution < 1.29 is 24.3 Å². The molecule has 27 heavy (non-hydrogen) atoms. The molecular formula is C18H26N4O5. The summed E-state index contributed by atoms with van der Waals surface area (Å²) in [6.07, 6.45) is 0.126. The number of rotatable bonds is 9. The maximum absolute atomic E-state index is 12.6. The van der Waals surface area contributed by atoms with Gasteiger partial charge in [-0.05, 0) is 23.6 Å². The topological polar surface area (TPSA) is 151 Å². The molecule has 0 fully saturated rings. The molecule has 0 radical (unpaired) electrons. The smallest absolute Gasteiger partial charge is 0.243 e. The largest absolute Gasteiger partial charge is 0.508 e. The quantitative estimate of drug-likeness (QED) is 0.380. The van der Waals surface area contributed by atoms with Gasteiger partial charge in [-0.25, -0.2) is 0 Å². The lowest BCUT2D eigenvalue weighted by Gasteiger charge is -2.25. The molecule has 0 aliphatic heterocycles. The lowest BCUT2D eigenvalue weighted by molar-refractivity contribution is -0.133. The van der Waals surface area contributed by atoms with Gasteiger partial charge in [0.2, 0.25) is 23.6 Å². The van der Waals surface area contributed by atoms with Crippen LogP contribution in [-0.2, 0) is 25.6 Å². The predicted molar refractivity (Wildman–Crippen MR) is 98.4 cm³/mol. The number of phenolic OH excluding ortho intramolecular Hbond substituents is 1. The van der Waals surface area contributed by atoms with E-state index in [0.29, 0.717) is 5.56 Å². The summed E-state index contributed by atoms with van der Waals surface area (Å²) in [6.45, 7) is 4.47. The number of hydrogen-bond donors (Lipinski definition) is 5. The van der Waals surface area contributed by atoms with E-state index in [4.69, 9.17) is 5.73 Å². The second-order valence-corrected chi connectivity index (χ2v) is 6.54. The van der Waals surface area contributed by atoms with Gasteiger partial charge in [0.15, 0.2) is 0 Å². The molecule has 0 aromatic heterocycles. The number of primary amides is 1. The van der Waals surface area contributed by atoms with E-state index < -0.39 is 29.8 Å². The fourth-order valence-corrected chi connectivity index (χ4v) is 2.39. The highest BCUT2D eigenvalue weighted by Gasteiger charge is 2.28. The number of benzene rings is 1. The Morgan fingerprint density at radius 2 is 1.63 bits per heavy atom. The van der Waals surface area contributed by atoms with Gasteiger partial charge in [-0.15, -0.1) is 0 Å². The third-order valence-corrected chi connectivity index (χ3v) is 3.75. The zero-order valence-corrected chi connectivity index (χ0v) is 15.6. The SMILES string of the molecule is CC(=O)N[C@H](C(=O)N[C@@H](Cc1ccc(O)cc1)C(=O)NCC(N)=O)C(C)C. The Kier molecular flexibility index (Phi) is 8.25. The third kappa shape index (κ3) is 7.76. The van der Waals surface area contributed by atoms with Gasteiger partial charge in [0.05, 0.1) is 6.54 Å². The normalized spacial score (nSPS) is 12.7. The summed E-state index contributed by atoms with van der Waals surface area (Å²) in [4.78, 5) is 47.2. The Morgan fingerprint density at radius 3 is 2.11 bits per heavy atom. The molecule has 6 N–H and O–H groups in total. The maximum Gasteiger partial charge on any atom is 0.243 e. The summed E-state index contributed by atoms with van der Waals surface area (Å²) in [5.41, 5.74) is 5.73. The maximum atomic E-state index is 12.6. The minimum atomic E-state index is -0.989. The van der Waals surface area contributed by atoms with E-state index in [-0.39, 0.29) is 30.5 Å². The molecule has 148 valence electrons. The number of nitrogens with one attached hydrogen (secondary N) is 3. The Balaban J connectivity index is 2.95. The van der Waals surface area contributed by atoms with Gasteiger partial charge in [0.1, 0.15) is 17.8 Å². The van der Waals surface area contributed by atoms with E-state index in [1.807, 2.05) is 0 Å². The van der Waals surface area contributed by atoms with Gasteiger partial charge >= 0.3 is 0 Å². The van der Waals surface area contributed by atoms with Crippen molar-refractivity contribution in [3.05, 3.63) is 29.8 Å². The molecule has 4 amide bonds. The Bertz CT molecular complexity index is 687. The average molecular weight is 378 g/mol. The number of carbonyl (C=O) groups excluding carboxylic acids is 4. The van der Waals surface area contributed by atoms with E-state index in [2.05, 4.69) is 16.0 Å². The molecule has 0 heterocycles. The van der Waals surface area contributed by atoms with Crippen LogP contribution in [0, 0.1) is 5.92 Å². The molecule has 2 atom stereocenters. The van der Waals surface area contributed by atoms with Crippen LogP contribution >= 0.6 is 0 Å². The molecule has 1 aromatic carbocycles. The molecule has 0 aliphatic carbocycles. The van der Waals surface area contributed by atoms with Gasteiger partial charge in [-0.1, -0.05) is 26.0 Å². The van der Waals surface area contributed by atoms with Gasteiger partial charge < -0.3 is 26.8 Å². The number of carbonyl (C=O) groups is 4. The first-order valence-corrected chi connectivity index (χ1v) is 8.51. The van der Waals surface area contributed by atoms with Crippen molar-refractivity contribution in [2.24, 2.45) is 11.7 Å². The second-order valence-electron chi connectivity index (χ2n) is 6.54. The number of hydrogen-bond acceptors (Lipinski definition) is 5. The molecule has 0 aliphatic rings. The van der Waals surface area contributed by atoms with E-state index in [1.165, 1.54) is 19.1 Å². The molecule has 0 saturated carbocycles. The summed E-state index contributed by atoms with van der Waals surface area (Å²) in [5.74, 6) is -2.30. The van der Waals surface area contributed by atoms with E-state index in [1.54, 1.807) is 26.0 Å². The molecule has 9 heteroatoms. The Hall–Kier alpha value is -3.10. The van der Waals surface area contributed by atoms with Crippen molar-refractivity contribution in [3.8, 4) is 5.75 Å². The lowest BCUT2D eigenvalue weighted by atomic mass is 10.0. The minimum Gasteiger partial charge on any atom is -0.508 e. The fraction of sp³-hybridized carbons (Fsp3) is 0.444. The highest BCUT2D eigenvalue weighted by atomic mass is 16.3. The van der Waals surface area contributed by atoms with Crippen molar-refractivity contribution >= 4 is 23.6 Å². The fourth-order valence-electron chi connectivity index (χ4n) is 2.39. The predicted octanol–water partition coefficient (Wildman–Crippen LogP) is -0.818. The number of nitrogens with two attached hydrogens (primary N) is 1. The molecule has 1 aromatic rings. The second kappa shape index (κ2) is 10.1. The zero-order valence-electron chi connectivity index (χ0n) is 15.6. The van der Waals surface area contributed by atoms with E-state index >= 15 is 0 Å². The third-order valence-electron chi connectivity index (χ3n) is 3.75. The number of phenols is 1. The standard InChI is InChI=1S/C18H26N4O5/c1-10(2)16(21-11(3)23)18(27)22-14(17(26)20-9-15(19)25)8-12-4-6-13(24)7-5-12/h4-7,10,14,16,24H,8-9H2,1-3H3,(H2,19,25)(H,20,26)(H,21,23)(H,22,27)/t14-,16-/m0/s1.